The van der Waals surface area contributed by atoms with Gasteiger partial charge in [0.1, 0.15) is 0 Å². The van der Waals surface area contributed by atoms with Gasteiger partial charge in [-0.3, -0.25) is 9.69 Å². The summed E-state index contributed by atoms with van der Waals surface area (Å²) in [6.07, 6.45) is 1.11. The third kappa shape index (κ3) is 2.19. The van der Waals surface area contributed by atoms with E-state index in [0.29, 0.717) is 6.54 Å². The normalized spacial score (nSPS) is 22.0. The van der Waals surface area contributed by atoms with Gasteiger partial charge in [0, 0.05) is 19.6 Å². The van der Waals surface area contributed by atoms with Crippen molar-refractivity contribution in [2.75, 3.05) is 33.2 Å². The average Bonchev–Trinajstić information content (AvgIpc) is 2.11. The molecular formula is C8H16N2O. The van der Waals surface area contributed by atoms with E-state index in [-0.39, 0.29) is 5.91 Å². The minimum Gasteiger partial charge on any atom is -0.342 e. The highest BCUT2D eigenvalue weighted by Crippen LogP contribution is 2.01. The molecule has 0 radical (unpaired) electrons. The van der Waals surface area contributed by atoms with Crippen LogP contribution in [-0.4, -0.2) is 48.9 Å². The Morgan fingerprint density at radius 3 is 2.82 bits per heavy atom. The first kappa shape index (κ1) is 8.53. The van der Waals surface area contributed by atoms with E-state index in [1.807, 2.05) is 18.9 Å². The second kappa shape index (κ2) is 3.72. The van der Waals surface area contributed by atoms with Gasteiger partial charge >= 0.3 is 0 Å². The van der Waals surface area contributed by atoms with Gasteiger partial charge in [-0.25, -0.2) is 0 Å². The molecule has 1 rings (SSSR count). The number of hydrogen-bond acceptors (Lipinski definition) is 2. The Balaban J connectivity index is 2.50. The minimum atomic E-state index is 0.271. The molecule has 64 valence electrons. The van der Waals surface area contributed by atoms with Gasteiger partial charge < -0.3 is 4.90 Å². The molecule has 1 aliphatic rings. The summed E-state index contributed by atoms with van der Waals surface area (Å²) in [5.41, 5.74) is 0. The Morgan fingerprint density at radius 1 is 1.45 bits per heavy atom. The smallest absolute Gasteiger partial charge is 0.236 e. The first-order valence-electron chi connectivity index (χ1n) is 4.20. The van der Waals surface area contributed by atoms with Crippen LogP contribution in [0, 0.1) is 0 Å². The van der Waals surface area contributed by atoms with Gasteiger partial charge in [-0.1, -0.05) is 0 Å². The molecule has 0 unspecified atom stereocenters. The fourth-order valence-electron chi connectivity index (χ4n) is 1.40. The van der Waals surface area contributed by atoms with E-state index in [1.54, 1.807) is 0 Å². The van der Waals surface area contributed by atoms with E-state index in [4.69, 9.17) is 0 Å². The lowest BCUT2D eigenvalue weighted by atomic mass is 10.4. The molecule has 0 aromatic rings. The van der Waals surface area contributed by atoms with E-state index in [0.717, 1.165) is 26.1 Å². The molecule has 1 heterocycles. The van der Waals surface area contributed by atoms with Crippen LogP contribution >= 0.6 is 0 Å². The van der Waals surface area contributed by atoms with Gasteiger partial charge in [-0.2, -0.15) is 0 Å². The summed E-state index contributed by atoms with van der Waals surface area (Å²) in [5.74, 6) is 0.271. The Labute approximate surface area is 68.0 Å². The molecule has 0 aromatic heterocycles. The topological polar surface area (TPSA) is 23.6 Å². The predicted octanol–water partition coefficient (Wildman–Crippen LogP) is 0.170. The zero-order chi connectivity index (χ0) is 8.27. The van der Waals surface area contributed by atoms with Crippen LogP contribution in [0.2, 0.25) is 0 Å². The van der Waals surface area contributed by atoms with Crippen molar-refractivity contribution in [2.45, 2.75) is 13.3 Å². The maximum atomic E-state index is 11.3. The van der Waals surface area contributed by atoms with E-state index < -0.39 is 0 Å². The monoisotopic (exact) mass is 156 g/mol. The van der Waals surface area contributed by atoms with Crippen LogP contribution in [0.25, 0.3) is 0 Å². The lowest BCUT2D eigenvalue weighted by Gasteiger charge is -2.17. The van der Waals surface area contributed by atoms with Crippen molar-refractivity contribution in [2.24, 2.45) is 0 Å². The van der Waals surface area contributed by atoms with Gasteiger partial charge in [-0.15, -0.1) is 0 Å². The van der Waals surface area contributed by atoms with Gasteiger partial charge in [0.15, 0.2) is 0 Å². The van der Waals surface area contributed by atoms with Crippen LogP contribution in [0.4, 0.5) is 0 Å². The zero-order valence-corrected chi connectivity index (χ0v) is 7.34. The minimum absolute atomic E-state index is 0.271. The maximum absolute atomic E-state index is 11.3. The molecule has 0 aromatic carbocycles. The second-order valence-electron chi connectivity index (χ2n) is 3.06. The Kier molecular flexibility index (Phi) is 2.88. The quantitative estimate of drug-likeness (QED) is 0.540. The van der Waals surface area contributed by atoms with Crippen molar-refractivity contribution >= 4 is 5.91 Å². The summed E-state index contributed by atoms with van der Waals surface area (Å²) in [6.45, 7) is 5.45. The molecule has 11 heavy (non-hydrogen) atoms. The molecule has 1 fully saturated rings. The summed E-state index contributed by atoms with van der Waals surface area (Å²) in [4.78, 5) is 15.3. The van der Waals surface area contributed by atoms with Gasteiger partial charge in [0.05, 0.1) is 6.54 Å². The molecule has 1 saturated heterocycles. The van der Waals surface area contributed by atoms with E-state index in [1.165, 1.54) is 0 Å². The highest BCUT2D eigenvalue weighted by molar-refractivity contribution is 5.78. The Morgan fingerprint density at radius 2 is 2.18 bits per heavy atom. The van der Waals surface area contributed by atoms with Crippen molar-refractivity contribution in [3.05, 3.63) is 0 Å². The highest BCUT2D eigenvalue weighted by Gasteiger charge is 2.16. The number of amides is 1. The van der Waals surface area contributed by atoms with Gasteiger partial charge in [0.25, 0.3) is 0 Å². The number of hydrogen-bond donors (Lipinski definition) is 0. The fraction of sp³-hybridized carbons (Fsp3) is 0.875. The first-order chi connectivity index (χ1) is 5.24. The molecule has 0 saturated carbocycles. The molecule has 0 aliphatic carbocycles. The van der Waals surface area contributed by atoms with Crippen LogP contribution < -0.4 is 0 Å². The van der Waals surface area contributed by atoms with Crippen LogP contribution in [0.15, 0.2) is 0 Å². The molecule has 0 N–H and O–H groups in total. The van der Waals surface area contributed by atoms with Crippen LogP contribution in [0.3, 0.4) is 0 Å². The molecule has 1 aliphatic heterocycles. The standard InChI is InChI=1S/C8H16N2O/c1-3-10-6-4-5-9(2)7-8(10)11/h3-7H2,1-2H3. The molecule has 3 nitrogen and oxygen atoms in total. The predicted molar refractivity (Wildman–Crippen MR) is 44.4 cm³/mol. The van der Waals surface area contributed by atoms with Crippen molar-refractivity contribution in [3.63, 3.8) is 0 Å². The highest BCUT2D eigenvalue weighted by atomic mass is 16.2. The van der Waals surface area contributed by atoms with Crippen LogP contribution in [-0.2, 0) is 4.79 Å². The summed E-state index contributed by atoms with van der Waals surface area (Å²) in [7, 11) is 2.00. The average molecular weight is 156 g/mol. The molecule has 0 bridgehead atoms. The zero-order valence-electron chi connectivity index (χ0n) is 7.34. The maximum Gasteiger partial charge on any atom is 0.236 e. The Bertz CT molecular complexity index is 147. The van der Waals surface area contributed by atoms with Crippen molar-refractivity contribution in [1.29, 1.82) is 0 Å². The summed E-state index contributed by atoms with van der Waals surface area (Å²) < 4.78 is 0. The molecule has 3 heteroatoms. The summed E-state index contributed by atoms with van der Waals surface area (Å²) in [5, 5.41) is 0. The van der Waals surface area contributed by atoms with Crippen molar-refractivity contribution in [3.8, 4) is 0 Å². The lowest BCUT2D eigenvalue weighted by molar-refractivity contribution is -0.130. The number of likely N-dealkylation sites (N-methyl/N-ethyl adjacent to an activating group) is 2. The van der Waals surface area contributed by atoms with Gasteiger partial charge in [0.2, 0.25) is 5.91 Å². The molecule has 0 spiro atoms. The van der Waals surface area contributed by atoms with E-state index >= 15 is 0 Å². The number of nitrogens with zero attached hydrogens (tertiary/aromatic N) is 2. The number of carbonyl (C=O) groups excluding carboxylic acids is 1. The number of rotatable bonds is 1. The second-order valence-corrected chi connectivity index (χ2v) is 3.06. The molecule has 0 atom stereocenters. The summed E-state index contributed by atoms with van der Waals surface area (Å²) >= 11 is 0. The van der Waals surface area contributed by atoms with Crippen LogP contribution in [0.5, 0.6) is 0 Å². The summed E-state index contributed by atoms with van der Waals surface area (Å²) in [6, 6.07) is 0. The van der Waals surface area contributed by atoms with Crippen molar-refractivity contribution in [1.82, 2.24) is 9.80 Å². The van der Waals surface area contributed by atoms with E-state index in [9.17, 15) is 4.79 Å². The van der Waals surface area contributed by atoms with Crippen LogP contribution in [0.1, 0.15) is 13.3 Å². The molecule has 1 amide bonds. The largest absolute Gasteiger partial charge is 0.342 e. The lowest BCUT2D eigenvalue weighted by Crippen LogP contribution is -2.35. The molecular weight excluding hydrogens is 140 g/mol. The SMILES string of the molecule is CCN1CCCN(C)CC1=O. The van der Waals surface area contributed by atoms with E-state index in [2.05, 4.69) is 4.90 Å². The third-order valence-electron chi connectivity index (χ3n) is 2.11. The van der Waals surface area contributed by atoms with Gasteiger partial charge in [-0.05, 0) is 20.4 Å². The van der Waals surface area contributed by atoms with Crippen molar-refractivity contribution < 1.29 is 4.79 Å². The first-order valence-corrected chi connectivity index (χ1v) is 4.20. The third-order valence-corrected chi connectivity index (χ3v) is 2.11. The Hall–Kier alpha value is -0.570. The number of carbonyl (C=O) groups is 1. The fourth-order valence-corrected chi connectivity index (χ4v) is 1.40.